The number of nitrogens with one attached hydrogen (secondary N) is 2. The lowest BCUT2D eigenvalue weighted by molar-refractivity contribution is 0.0963. The van der Waals surface area contributed by atoms with Crippen LogP contribution in [0.25, 0.3) is 0 Å². The molecule has 1 amide bonds. The zero-order valence-electron chi connectivity index (χ0n) is 10.9. The summed E-state index contributed by atoms with van der Waals surface area (Å²) in [6.45, 7) is 0.0395. The highest BCUT2D eigenvalue weighted by molar-refractivity contribution is 5.94. The predicted molar refractivity (Wildman–Crippen MR) is 73.5 cm³/mol. The van der Waals surface area contributed by atoms with Gasteiger partial charge in [-0.1, -0.05) is 6.07 Å². The van der Waals surface area contributed by atoms with Gasteiger partial charge < -0.3 is 10.6 Å². The van der Waals surface area contributed by atoms with Gasteiger partial charge in [0, 0.05) is 30.4 Å². The van der Waals surface area contributed by atoms with E-state index in [1.54, 1.807) is 31.3 Å². The number of anilines is 1. The quantitative estimate of drug-likeness (QED) is 0.901. The molecule has 0 spiro atoms. The van der Waals surface area contributed by atoms with E-state index >= 15 is 0 Å². The fourth-order valence-electron chi connectivity index (χ4n) is 1.78. The number of benzene rings is 2. The summed E-state index contributed by atoms with van der Waals surface area (Å²) in [7, 11) is 1.55. The Kier molecular flexibility index (Phi) is 4.30. The zero-order valence-corrected chi connectivity index (χ0v) is 10.9. The summed E-state index contributed by atoms with van der Waals surface area (Å²) in [6, 6.07) is 10.4. The minimum Gasteiger partial charge on any atom is -0.381 e. The number of amides is 1. The van der Waals surface area contributed by atoms with E-state index in [9.17, 15) is 13.6 Å². The molecule has 2 aromatic carbocycles. The monoisotopic (exact) mass is 276 g/mol. The minimum absolute atomic E-state index is 0.0112. The maximum Gasteiger partial charge on any atom is 0.251 e. The Balaban J connectivity index is 2.06. The van der Waals surface area contributed by atoms with Gasteiger partial charge in [-0.25, -0.2) is 8.78 Å². The van der Waals surface area contributed by atoms with Gasteiger partial charge in [-0.2, -0.15) is 0 Å². The molecule has 0 aromatic heterocycles. The number of carbonyl (C=O) groups is 1. The first-order valence-electron chi connectivity index (χ1n) is 6.10. The van der Waals surface area contributed by atoms with Crippen LogP contribution in [0.4, 0.5) is 14.5 Å². The van der Waals surface area contributed by atoms with Gasteiger partial charge in [0.15, 0.2) is 0 Å². The summed E-state index contributed by atoms with van der Waals surface area (Å²) >= 11 is 0. The van der Waals surface area contributed by atoms with Crippen LogP contribution in [0.3, 0.4) is 0 Å². The van der Waals surface area contributed by atoms with Crippen molar-refractivity contribution >= 4 is 11.6 Å². The van der Waals surface area contributed by atoms with E-state index < -0.39 is 11.6 Å². The second kappa shape index (κ2) is 6.14. The summed E-state index contributed by atoms with van der Waals surface area (Å²) in [6.07, 6.45) is 0. The highest BCUT2D eigenvalue weighted by atomic mass is 19.1. The van der Waals surface area contributed by atoms with Crippen LogP contribution in [0.15, 0.2) is 42.5 Å². The number of hydrogen-bond acceptors (Lipinski definition) is 2. The largest absolute Gasteiger partial charge is 0.381 e. The molecule has 0 aliphatic rings. The normalized spacial score (nSPS) is 10.2. The van der Waals surface area contributed by atoms with Crippen LogP contribution in [0.5, 0.6) is 0 Å². The first-order valence-corrected chi connectivity index (χ1v) is 6.10. The summed E-state index contributed by atoms with van der Waals surface area (Å²) in [4.78, 5) is 11.4. The molecule has 0 atom stereocenters. The minimum atomic E-state index is -0.584. The Morgan fingerprint density at radius 3 is 2.20 bits per heavy atom. The maximum atomic E-state index is 13.4. The first-order chi connectivity index (χ1) is 9.61. The van der Waals surface area contributed by atoms with Crippen molar-refractivity contribution in [2.45, 2.75) is 6.54 Å². The lowest BCUT2D eigenvalue weighted by Crippen LogP contribution is -2.17. The highest BCUT2D eigenvalue weighted by Gasteiger charge is 2.08. The Bertz CT molecular complexity index is 592. The fourth-order valence-corrected chi connectivity index (χ4v) is 1.78. The molecule has 5 heteroatoms. The van der Waals surface area contributed by atoms with E-state index in [1.165, 1.54) is 18.2 Å². The molecule has 104 valence electrons. The van der Waals surface area contributed by atoms with Crippen LogP contribution in [-0.2, 0) is 6.54 Å². The lowest BCUT2D eigenvalue weighted by atomic mass is 10.1. The van der Waals surface area contributed by atoms with E-state index in [4.69, 9.17) is 0 Å². The molecular weight excluding hydrogens is 262 g/mol. The zero-order chi connectivity index (χ0) is 14.5. The summed E-state index contributed by atoms with van der Waals surface area (Å²) in [5, 5.41) is 5.43. The van der Waals surface area contributed by atoms with Crippen LogP contribution in [0.1, 0.15) is 15.9 Å². The molecule has 20 heavy (non-hydrogen) atoms. The summed E-state index contributed by atoms with van der Waals surface area (Å²) < 4.78 is 26.9. The van der Waals surface area contributed by atoms with Gasteiger partial charge in [-0.05, 0) is 36.4 Å². The van der Waals surface area contributed by atoms with E-state index in [0.29, 0.717) is 11.3 Å². The Morgan fingerprint density at radius 1 is 1.05 bits per heavy atom. The van der Waals surface area contributed by atoms with Crippen LogP contribution in [0.2, 0.25) is 0 Å². The van der Waals surface area contributed by atoms with E-state index in [1.807, 2.05) is 0 Å². The van der Waals surface area contributed by atoms with Crippen molar-refractivity contribution in [1.82, 2.24) is 5.32 Å². The van der Waals surface area contributed by atoms with Crippen LogP contribution in [0, 0.1) is 11.6 Å². The molecule has 0 aliphatic heterocycles. The molecule has 0 saturated carbocycles. The van der Waals surface area contributed by atoms with E-state index in [2.05, 4.69) is 10.6 Å². The Hall–Kier alpha value is -2.43. The Labute approximate surface area is 115 Å². The van der Waals surface area contributed by atoms with Crippen LogP contribution < -0.4 is 10.6 Å². The van der Waals surface area contributed by atoms with Crippen molar-refractivity contribution in [3.63, 3.8) is 0 Å². The molecule has 0 aliphatic carbocycles. The van der Waals surface area contributed by atoms with E-state index in [0.717, 1.165) is 0 Å². The maximum absolute atomic E-state index is 13.4. The third-order valence-corrected chi connectivity index (χ3v) is 2.91. The van der Waals surface area contributed by atoms with Crippen molar-refractivity contribution < 1.29 is 13.6 Å². The van der Waals surface area contributed by atoms with Gasteiger partial charge in [-0.15, -0.1) is 0 Å². The third kappa shape index (κ3) is 3.12. The molecular formula is C15H14F2N2O. The highest BCUT2D eigenvalue weighted by Crippen LogP contribution is 2.15. The lowest BCUT2D eigenvalue weighted by Gasteiger charge is -2.09. The van der Waals surface area contributed by atoms with E-state index in [-0.39, 0.29) is 18.0 Å². The second-order valence-corrected chi connectivity index (χ2v) is 4.21. The van der Waals surface area contributed by atoms with Gasteiger partial charge in [0.05, 0.1) is 0 Å². The molecule has 0 bridgehead atoms. The average molecular weight is 276 g/mol. The summed E-state index contributed by atoms with van der Waals surface area (Å²) in [5.41, 5.74) is 1.19. The smallest absolute Gasteiger partial charge is 0.251 e. The van der Waals surface area contributed by atoms with Crippen molar-refractivity contribution in [1.29, 1.82) is 0 Å². The number of halogens is 2. The third-order valence-electron chi connectivity index (χ3n) is 2.91. The SMILES string of the molecule is CNC(=O)c1ccc(NCc2c(F)cccc2F)cc1. The van der Waals surface area contributed by atoms with Gasteiger partial charge in [0.2, 0.25) is 0 Å². The number of rotatable bonds is 4. The van der Waals surface area contributed by atoms with Gasteiger partial charge in [-0.3, -0.25) is 4.79 Å². The molecule has 3 nitrogen and oxygen atoms in total. The van der Waals surface area contributed by atoms with Crippen molar-refractivity contribution in [3.05, 3.63) is 65.2 Å². The van der Waals surface area contributed by atoms with Gasteiger partial charge in [0.25, 0.3) is 5.91 Å². The van der Waals surface area contributed by atoms with Crippen molar-refractivity contribution in [3.8, 4) is 0 Å². The topological polar surface area (TPSA) is 41.1 Å². The van der Waals surface area contributed by atoms with Gasteiger partial charge >= 0.3 is 0 Å². The molecule has 0 unspecified atom stereocenters. The summed E-state index contributed by atoms with van der Waals surface area (Å²) in [5.74, 6) is -1.35. The van der Waals surface area contributed by atoms with Crippen LogP contribution >= 0.6 is 0 Å². The van der Waals surface area contributed by atoms with Crippen molar-refractivity contribution in [2.24, 2.45) is 0 Å². The standard InChI is InChI=1S/C15H14F2N2O/c1-18-15(20)10-5-7-11(8-6-10)19-9-12-13(16)3-2-4-14(12)17/h2-8,19H,9H2,1H3,(H,18,20). The first kappa shape index (κ1) is 14.0. The van der Waals surface area contributed by atoms with Crippen LogP contribution in [-0.4, -0.2) is 13.0 Å². The molecule has 0 heterocycles. The predicted octanol–water partition coefficient (Wildman–Crippen LogP) is 2.94. The Morgan fingerprint density at radius 2 is 1.65 bits per heavy atom. The molecule has 0 radical (unpaired) electrons. The number of carbonyl (C=O) groups excluding carboxylic acids is 1. The molecule has 2 rings (SSSR count). The number of hydrogen-bond donors (Lipinski definition) is 2. The molecule has 2 aromatic rings. The molecule has 2 N–H and O–H groups in total. The molecule has 0 saturated heterocycles. The second-order valence-electron chi connectivity index (χ2n) is 4.21. The fraction of sp³-hybridized carbons (Fsp3) is 0.133. The average Bonchev–Trinajstić information content (AvgIpc) is 2.46. The van der Waals surface area contributed by atoms with Gasteiger partial charge in [0.1, 0.15) is 11.6 Å². The molecule has 0 fully saturated rings. The van der Waals surface area contributed by atoms with Crippen molar-refractivity contribution in [2.75, 3.05) is 12.4 Å².